The molecule has 0 fully saturated rings. The van der Waals surface area contributed by atoms with Gasteiger partial charge in [0.05, 0.1) is 0 Å². The SMILES string of the molecule is NCc1cc(F)c(N2CCc3ccc(F)cc32)c(F)c1. The lowest BCUT2D eigenvalue weighted by Crippen LogP contribution is -2.17. The molecule has 2 nitrogen and oxygen atoms in total. The van der Waals surface area contributed by atoms with Crippen LogP contribution in [0.25, 0.3) is 0 Å². The molecule has 0 radical (unpaired) electrons. The average molecular weight is 278 g/mol. The van der Waals surface area contributed by atoms with Crippen LogP contribution in [0.5, 0.6) is 0 Å². The number of nitrogens with two attached hydrogens (primary N) is 1. The topological polar surface area (TPSA) is 29.3 Å². The van der Waals surface area contributed by atoms with Gasteiger partial charge in [-0.3, -0.25) is 0 Å². The Morgan fingerprint density at radius 2 is 1.75 bits per heavy atom. The van der Waals surface area contributed by atoms with Gasteiger partial charge in [-0.25, -0.2) is 13.2 Å². The Morgan fingerprint density at radius 1 is 1.05 bits per heavy atom. The van der Waals surface area contributed by atoms with Crippen molar-refractivity contribution in [1.29, 1.82) is 0 Å². The van der Waals surface area contributed by atoms with E-state index in [4.69, 9.17) is 5.73 Å². The van der Waals surface area contributed by atoms with Crippen LogP contribution in [0.4, 0.5) is 24.5 Å². The molecule has 1 heterocycles. The van der Waals surface area contributed by atoms with Gasteiger partial charge in [0.1, 0.15) is 23.1 Å². The maximum absolute atomic E-state index is 14.1. The summed E-state index contributed by atoms with van der Waals surface area (Å²) in [7, 11) is 0. The number of benzene rings is 2. The molecule has 0 saturated heterocycles. The fourth-order valence-corrected chi connectivity index (χ4v) is 2.58. The standard InChI is InChI=1S/C15H13F3N2/c16-11-2-1-10-3-4-20(14(10)7-11)15-12(17)5-9(8-19)6-13(15)18/h1-2,5-7H,3-4,8,19H2. The molecule has 2 aromatic rings. The highest BCUT2D eigenvalue weighted by molar-refractivity contribution is 5.70. The van der Waals surface area contributed by atoms with Crippen LogP contribution in [0.2, 0.25) is 0 Å². The van der Waals surface area contributed by atoms with Gasteiger partial charge in [-0.15, -0.1) is 0 Å². The van der Waals surface area contributed by atoms with E-state index < -0.39 is 17.5 Å². The number of halogens is 3. The van der Waals surface area contributed by atoms with Crippen molar-refractivity contribution in [3.8, 4) is 0 Å². The zero-order valence-corrected chi connectivity index (χ0v) is 10.7. The van der Waals surface area contributed by atoms with Crippen molar-refractivity contribution < 1.29 is 13.2 Å². The lowest BCUT2D eigenvalue weighted by Gasteiger charge is -2.21. The fraction of sp³-hybridized carbons (Fsp3) is 0.200. The number of hydrogen-bond acceptors (Lipinski definition) is 2. The van der Waals surface area contributed by atoms with Crippen LogP contribution in [-0.2, 0) is 13.0 Å². The van der Waals surface area contributed by atoms with E-state index in [1.165, 1.54) is 29.2 Å². The quantitative estimate of drug-likeness (QED) is 0.913. The molecular formula is C15H13F3N2. The molecule has 5 heteroatoms. The van der Waals surface area contributed by atoms with Crippen LogP contribution >= 0.6 is 0 Å². The van der Waals surface area contributed by atoms with Crippen LogP contribution < -0.4 is 10.6 Å². The van der Waals surface area contributed by atoms with Gasteiger partial charge in [0.15, 0.2) is 0 Å². The second-order valence-electron chi connectivity index (χ2n) is 4.79. The zero-order chi connectivity index (χ0) is 14.3. The average Bonchev–Trinajstić information content (AvgIpc) is 2.81. The smallest absolute Gasteiger partial charge is 0.150 e. The van der Waals surface area contributed by atoms with Gasteiger partial charge in [-0.2, -0.15) is 0 Å². The first-order valence-electron chi connectivity index (χ1n) is 6.34. The normalized spacial score (nSPS) is 13.7. The van der Waals surface area contributed by atoms with Crippen LogP contribution in [0.15, 0.2) is 30.3 Å². The number of hydrogen-bond donors (Lipinski definition) is 1. The van der Waals surface area contributed by atoms with Crippen molar-refractivity contribution in [3.05, 3.63) is 58.9 Å². The van der Waals surface area contributed by atoms with Crippen molar-refractivity contribution >= 4 is 11.4 Å². The highest BCUT2D eigenvalue weighted by atomic mass is 19.1. The van der Waals surface area contributed by atoms with E-state index >= 15 is 0 Å². The number of anilines is 2. The van der Waals surface area contributed by atoms with Gasteiger partial charge in [0.2, 0.25) is 0 Å². The van der Waals surface area contributed by atoms with E-state index in [1.807, 2.05) is 0 Å². The molecule has 0 spiro atoms. The van der Waals surface area contributed by atoms with E-state index in [2.05, 4.69) is 0 Å². The minimum absolute atomic E-state index is 0.0688. The zero-order valence-electron chi connectivity index (χ0n) is 10.7. The molecular weight excluding hydrogens is 265 g/mol. The van der Waals surface area contributed by atoms with Crippen LogP contribution in [-0.4, -0.2) is 6.54 Å². The summed E-state index contributed by atoms with van der Waals surface area (Å²) in [5.41, 5.74) is 7.03. The maximum Gasteiger partial charge on any atom is 0.150 e. The van der Waals surface area contributed by atoms with E-state index in [0.717, 1.165) is 5.56 Å². The second kappa shape index (κ2) is 4.83. The highest BCUT2D eigenvalue weighted by Gasteiger charge is 2.26. The summed E-state index contributed by atoms with van der Waals surface area (Å²) in [6, 6.07) is 6.74. The van der Waals surface area contributed by atoms with Crippen LogP contribution in [0.1, 0.15) is 11.1 Å². The third-order valence-electron chi connectivity index (χ3n) is 3.53. The Bertz CT molecular complexity index is 647. The molecule has 0 bridgehead atoms. The minimum atomic E-state index is -0.678. The molecule has 2 aromatic carbocycles. The summed E-state index contributed by atoms with van der Waals surface area (Å²) < 4.78 is 41.6. The van der Waals surface area contributed by atoms with Crippen molar-refractivity contribution in [2.75, 3.05) is 11.4 Å². The third-order valence-corrected chi connectivity index (χ3v) is 3.53. The molecule has 0 aliphatic carbocycles. The molecule has 1 aliphatic heterocycles. The van der Waals surface area contributed by atoms with E-state index in [9.17, 15) is 13.2 Å². The van der Waals surface area contributed by atoms with Gasteiger partial charge >= 0.3 is 0 Å². The van der Waals surface area contributed by atoms with Crippen molar-refractivity contribution in [3.63, 3.8) is 0 Å². The largest absolute Gasteiger partial charge is 0.336 e. The third kappa shape index (κ3) is 2.04. The highest BCUT2D eigenvalue weighted by Crippen LogP contribution is 2.38. The maximum atomic E-state index is 14.1. The first kappa shape index (κ1) is 13.0. The monoisotopic (exact) mass is 278 g/mol. The minimum Gasteiger partial charge on any atom is -0.336 e. The summed E-state index contributed by atoms with van der Waals surface area (Å²) in [5.74, 6) is -1.78. The lowest BCUT2D eigenvalue weighted by atomic mass is 10.1. The second-order valence-corrected chi connectivity index (χ2v) is 4.79. The van der Waals surface area contributed by atoms with Gasteiger partial charge in [0.25, 0.3) is 0 Å². The van der Waals surface area contributed by atoms with E-state index in [1.54, 1.807) is 6.07 Å². The van der Waals surface area contributed by atoms with Crippen molar-refractivity contribution in [2.45, 2.75) is 13.0 Å². The first-order chi connectivity index (χ1) is 9.60. The Hall–Kier alpha value is -2.01. The Kier molecular flexibility index (Phi) is 3.14. The number of fused-ring (bicyclic) bond motifs is 1. The van der Waals surface area contributed by atoms with Gasteiger partial charge in [0, 0.05) is 18.8 Å². The summed E-state index contributed by atoms with van der Waals surface area (Å²) in [6.07, 6.45) is 0.632. The molecule has 2 N–H and O–H groups in total. The summed E-state index contributed by atoms with van der Waals surface area (Å²) in [5, 5.41) is 0. The molecule has 0 aromatic heterocycles. The predicted octanol–water partition coefficient (Wildman–Crippen LogP) is 3.26. The molecule has 0 unspecified atom stereocenters. The number of nitrogens with zero attached hydrogens (tertiary/aromatic N) is 1. The van der Waals surface area contributed by atoms with Gasteiger partial charge in [-0.05, 0) is 41.8 Å². The Labute approximate surface area is 114 Å². The molecule has 3 rings (SSSR count). The molecule has 0 amide bonds. The predicted molar refractivity (Wildman–Crippen MR) is 71.4 cm³/mol. The number of rotatable bonds is 2. The lowest BCUT2D eigenvalue weighted by molar-refractivity contribution is 0.578. The summed E-state index contributed by atoms with van der Waals surface area (Å²) in [6.45, 7) is 0.494. The van der Waals surface area contributed by atoms with Gasteiger partial charge in [-0.1, -0.05) is 6.07 Å². The van der Waals surface area contributed by atoms with E-state index in [0.29, 0.717) is 24.2 Å². The van der Waals surface area contributed by atoms with Crippen molar-refractivity contribution in [1.82, 2.24) is 0 Å². The van der Waals surface area contributed by atoms with E-state index in [-0.39, 0.29) is 12.2 Å². The van der Waals surface area contributed by atoms with Crippen LogP contribution in [0.3, 0.4) is 0 Å². The molecule has 0 saturated carbocycles. The van der Waals surface area contributed by atoms with Gasteiger partial charge < -0.3 is 10.6 Å². The molecule has 104 valence electrons. The summed E-state index contributed by atoms with van der Waals surface area (Å²) in [4.78, 5) is 1.48. The molecule has 20 heavy (non-hydrogen) atoms. The van der Waals surface area contributed by atoms with Crippen LogP contribution in [0, 0.1) is 17.5 Å². The fourth-order valence-electron chi connectivity index (χ4n) is 2.58. The Balaban J connectivity index is 2.11. The van der Waals surface area contributed by atoms with Crippen molar-refractivity contribution in [2.24, 2.45) is 5.73 Å². The molecule has 1 aliphatic rings. The molecule has 0 atom stereocenters. The first-order valence-corrected chi connectivity index (χ1v) is 6.34. The Morgan fingerprint density at radius 3 is 2.40 bits per heavy atom. The summed E-state index contributed by atoms with van der Waals surface area (Å²) >= 11 is 0.